The Bertz CT molecular complexity index is 240. The van der Waals surface area contributed by atoms with Crippen molar-refractivity contribution >= 4 is 12.4 Å². The number of alkyl halides is 1. The molecule has 0 saturated carbocycles. The van der Waals surface area contributed by atoms with Crippen molar-refractivity contribution in [3.8, 4) is 0 Å². The van der Waals surface area contributed by atoms with Crippen LogP contribution in [0.15, 0.2) is 12.4 Å². The molecule has 2 N–H and O–H groups in total. The lowest BCUT2D eigenvalue weighted by molar-refractivity contribution is 0.481. The minimum atomic E-state index is -0.526. The Morgan fingerprint density at radius 1 is 1.46 bits per heavy atom. The van der Waals surface area contributed by atoms with E-state index >= 15 is 0 Å². The molecule has 5 heteroatoms. The first-order valence-corrected chi connectivity index (χ1v) is 3.90. The van der Waals surface area contributed by atoms with Crippen molar-refractivity contribution in [2.75, 3.05) is 0 Å². The van der Waals surface area contributed by atoms with Crippen LogP contribution in [0.5, 0.6) is 0 Å². The Kier molecular flexibility index (Phi) is 5.50. The van der Waals surface area contributed by atoms with Gasteiger partial charge in [-0.1, -0.05) is 6.92 Å². The number of halogens is 2. The highest BCUT2D eigenvalue weighted by molar-refractivity contribution is 5.85. The summed E-state index contributed by atoms with van der Waals surface area (Å²) < 4.78 is 12.0. The van der Waals surface area contributed by atoms with Crippen molar-refractivity contribution in [1.29, 1.82) is 0 Å². The second-order valence-electron chi connectivity index (χ2n) is 2.60. The Balaban J connectivity index is 0.00000144. The quantitative estimate of drug-likeness (QED) is 0.819. The molecule has 0 aromatic carbocycles. The number of hydrogen-bond acceptors (Lipinski definition) is 3. The SMILES string of the molecule is CC[C@@H](N)c1ncc(CF)cn1.Cl. The van der Waals surface area contributed by atoms with E-state index in [4.69, 9.17) is 5.73 Å². The third kappa shape index (κ3) is 3.24. The molecule has 1 heterocycles. The fourth-order valence-electron chi connectivity index (χ4n) is 0.808. The van der Waals surface area contributed by atoms with Gasteiger partial charge in [-0.2, -0.15) is 0 Å². The highest BCUT2D eigenvalue weighted by Crippen LogP contribution is 2.07. The monoisotopic (exact) mass is 205 g/mol. The molecule has 0 radical (unpaired) electrons. The van der Waals surface area contributed by atoms with Gasteiger partial charge in [-0.25, -0.2) is 14.4 Å². The van der Waals surface area contributed by atoms with E-state index in [9.17, 15) is 4.39 Å². The lowest BCUT2D eigenvalue weighted by Crippen LogP contribution is -2.12. The van der Waals surface area contributed by atoms with Crippen LogP contribution in [0, 0.1) is 0 Å². The Morgan fingerprint density at radius 2 is 2.00 bits per heavy atom. The standard InChI is InChI=1S/C8H12FN3.ClH/c1-2-7(10)8-11-4-6(3-9)5-12-8;/h4-5,7H,2-3,10H2,1H3;1H/t7-;/m1./s1. The van der Waals surface area contributed by atoms with E-state index in [1.807, 2.05) is 6.92 Å². The number of hydrogen-bond donors (Lipinski definition) is 1. The van der Waals surface area contributed by atoms with E-state index in [2.05, 4.69) is 9.97 Å². The fourth-order valence-corrected chi connectivity index (χ4v) is 0.808. The lowest BCUT2D eigenvalue weighted by Gasteiger charge is -2.05. The van der Waals surface area contributed by atoms with Gasteiger partial charge in [-0.15, -0.1) is 12.4 Å². The van der Waals surface area contributed by atoms with Crippen LogP contribution in [0.25, 0.3) is 0 Å². The van der Waals surface area contributed by atoms with Gasteiger partial charge in [-0.3, -0.25) is 0 Å². The summed E-state index contributed by atoms with van der Waals surface area (Å²) in [6.07, 6.45) is 3.73. The van der Waals surface area contributed by atoms with Crippen LogP contribution in [-0.4, -0.2) is 9.97 Å². The summed E-state index contributed by atoms with van der Waals surface area (Å²) in [5, 5.41) is 0. The second-order valence-corrected chi connectivity index (χ2v) is 2.60. The topological polar surface area (TPSA) is 51.8 Å². The summed E-state index contributed by atoms with van der Waals surface area (Å²) in [6, 6.07) is -0.140. The highest BCUT2D eigenvalue weighted by atomic mass is 35.5. The normalized spacial score (nSPS) is 11.9. The number of rotatable bonds is 3. The largest absolute Gasteiger partial charge is 0.321 e. The molecule has 1 aromatic heterocycles. The number of nitrogens with zero attached hydrogens (tertiary/aromatic N) is 2. The molecule has 0 aliphatic heterocycles. The van der Waals surface area contributed by atoms with Crippen molar-refractivity contribution < 1.29 is 4.39 Å². The lowest BCUT2D eigenvalue weighted by atomic mass is 10.2. The average molecular weight is 206 g/mol. The Morgan fingerprint density at radius 3 is 2.38 bits per heavy atom. The van der Waals surface area contributed by atoms with Crippen LogP contribution in [0.3, 0.4) is 0 Å². The molecule has 3 nitrogen and oxygen atoms in total. The first kappa shape index (κ1) is 12.3. The predicted molar refractivity (Wildman–Crippen MR) is 51.3 cm³/mol. The molecule has 0 aliphatic rings. The molecule has 0 amide bonds. The molecule has 0 bridgehead atoms. The summed E-state index contributed by atoms with van der Waals surface area (Å²) in [4.78, 5) is 7.89. The van der Waals surface area contributed by atoms with E-state index in [0.29, 0.717) is 11.4 Å². The van der Waals surface area contributed by atoms with E-state index in [-0.39, 0.29) is 18.4 Å². The van der Waals surface area contributed by atoms with E-state index in [1.165, 1.54) is 12.4 Å². The van der Waals surface area contributed by atoms with E-state index < -0.39 is 6.67 Å². The zero-order valence-electron chi connectivity index (χ0n) is 7.40. The Labute approximate surface area is 83.0 Å². The summed E-state index contributed by atoms with van der Waals surface area (Å²) in [5.41, 5.74) is 6.16. The minimum absolute atomic E-state index is 0. The van der Waals surface area contributed by atoms with Crippen LogP contribution in [0.1, 0.15) is 30.8 Å². The van der Waals surface area contributed by atoms with Crippen LogP contribution in [0.2, 0.25) is 0 Å². The van der Waals surface area contributed by atoms with Crippen LogP contribution in [-0.2, 0) is 6.67 Å². The van der Waals surface area contributed by atoms with Crippen LogP contribution >= 0.6 is 12.4 Å². The first-order chi connectivity index (χ1) is 5.77. The summed E-state index contributed by atoms with van der Waals surface area (Å²) >= 11 is 0. The number of aromatic nitrogens is 2. The molecular formula is C8H13ClFN3. The van der Waals surface area contributed by atoms with Crippen molar-refractivity contribution in [2.24, 2.45) is 5.73 Å². The third-order valence-electron chi connectivity index (χ3n) is 1.65. The van der Waals surface area contributed by atoms with Crippen molar-refractivity contribution in [3.63, 3.8) is 0 Å². The van der Waals surface area contributed by atoms with Gasteiger partial charge in [0.05, 0.1) is 6.04 Å². The molecular weight excluding hydrogens is 193 g/mol. The first-order valence-electron chi connectivity index (χ1n) is 3.90. The molecule has 0 saturated heterocycles. The summed E-state index contributed by atoms with van der Waals surface area (Å²) in [6.45, 7) is 1.43. The molecule has 13 heavy (non-hydrogen) atoms. The maximum absolute atomic E-state index is 12.0. The molecule has 0 spiro atoms. The van der Waals surface area contributed by atoms with Crippen LogP contribution < -0.4 is 5.73 Å². The molecule has 1 aromatic rings. The summed E-state index contributed by atoms with van der Waals surface area (Å²) in [7, 11) is 0. The van der Waals surface area contributed by atoms with Crippen molar-refractivity contribution in [2.45, 2.75) is 26.1 Å². The highest BCUT2D eigenvalue weighted by Gasteiger charge is 2.05. The maximum Gasteiger partial charge on any atom is 0.144 e. The van der Waals surface area contributed by atoms with Crippen molar-refractivity contribution in [3.05, 3.63) is 23.8 Å². The molecule has 1 rings (SSSR count). The molecule has 0 aliphatic carbocycles. The van der Waals surface area contributed by atoms with Gasteiger partial charge in [0.2, 0.25) is 0 Å². The van der Waals surface area contributed by atoms with E-state index in [1.54, 1.807) is 0 Å². The number of nitrogens with two attached hydrogens (primary N) is 1. The zero-order chi connectivity index (χ0) is 8.97. The van der Waals surface area contributed by atoms with Gasteiger partial charge in [0.15, 0.2) is 0 Å². The van der Waals surface area contributed by atoms with Gasteiger partial charge in [0, 0.05) is 18.0 Å². The smallest absolute Gasteiger partial charge is 0.144 e. The van der Waals surface area contributed by atoms with Gasteiger partial charge in [0.1, 0.15) is 12.5 Å². The molecule has 74 valence electrons. The molecule has 0 unspecified atom stereocenters. The Hall–Kier alpha value is -0.740. The average Bonchev–Trinajstić information content (AvgIpc) is 2.17. The van der Waals surface area contributed by atoms with Gasteiger partial charge >= 0.3 is 0 Å². The zero-order valence-corrected chi connectivity index (χ0v) is 8.22. The summed E-state index contributed by atoms with van der Waals surface area (Å²) in [5.74, 6) is 0.578. The minimum Gasteiger partial charge on any atom is -0.321 e. The predicted octanol–water partition coefficient (Wildman–Crippen LogP) is 1.78. The maximum atomic E-state index is 12.0. The fraction of sp³-hybridized carbons (Fsp3) is 0.500. The molecule has 0 fully saturated rings. The van der Waals surface area contributed by atoms with Gasteiger partial charge in [-0.05, 0) is 6.42 Å². The van der Waals surface area contributed by atoms with Gasteiger partial charge < -0.3 is 5.73 Å². The molecule has 1 atom stereocenters. The second kappa shape index (κ2) is 5.83. The van der Waals surface area contributed by atoms with Gasteiger partial charge in [0.25, 0.3) is 0 Å². The third-order valence-corrected chi connectivity index (χ3v) is 1.65. The van der Waals surface area contributed by atoms with Crippen molar-refractivity contribution in [1.82, 2.24) is 9.97 Å². The van der Waals surface area contributed by atoms with E-state index in [0.717, 1.165) is 6.42 Å². The van der Waals surface area contributed by atoms with Crippen LogP contribution in [0.4, 0.5) is 4.39 Å².